The van der Waals surface area contributed by atoms with Crippen LogP contribution >= 0.6 is 24.0 Å². The van der Waals surface area contributed by atoms with Gasteiger partial charge in [0.05, 0.1) is 6.20 Å². The van der Waals surface area contributed by atoms with Crippen LogP contribution in [0.3, 0.4) is 0 Å². The van der Waals surface area contributed by atoms with E-state index in [9.17, 15) is 0 Å². The minimum absolute atomic E-state index is 0. The molecule has 7 heteroatoms. The second-order valence-electron chi connectivity index (χ2n) is 6.60. The van der Waals surface area contributed by atoms with Gasteiger partial charge in [0, 0.05) is 30.9 Å². The number of pyridine rings is 1. The van der Waals surface area contributed by atoms with Crippen LogP contribution in [0.2, 0.25) is 0 Å². The van der Waals surface area contributed by atoms with Crippen LogP contribution in [0, 0.1) is 0 Å². The molecule has 0 saturated heterocycles. The van der Waals surface area contributed by atoms with E-state index in [0.29, 0.717) is 12.4 Å². The lowest BCUT2D eigenvalue weighted by molar-refractivity contribution is 0.383. The number of aromatic nitrogens is 2. The van der Waals surface area contributed by atoms with Crippen molar-refractivity contribution in [2.45, 2.75) is 46.1 Å². The molecule has 2 heterocycles. The number of hydrogen-bond acceptors (Lipinski definition) is 4. The number of guanidine groups is 1. The summed E-state index contributed by atoms with van der Waals surface area (Å²) in [7, 11) is 0. The lowest BCUT2D eigenvalue weighted by atomic mass is 9.94. The highest BCUT2D eigenvalue weighted by Gasteiger charge is 2.18. The highest BCUT2D eigenvalue weighted by atomic mass is 127. The van der Waals surface area contributed by atoms with Crippen LogP contribution in [0.15, 0.2) is 40.1 Å². The van der Waals surface area contributed by atoms with Gasteiger partial charge in [-0.25, -0.2) is 9.98 Å². The molecule has 2 rings (SSSR count). The van der Waals surface area contributed by atoms with Crippen LogP contribution in [-0.4, -0.2) is 29.0 Å². The number of halogens is 1. The van der Waals surface area contributed by atoms with Gasteiger partial charge in [-0.05, 0) is 25.0 Å². The van der Waals surface area contributed by atoms with Crippen molar-refractivity contribution in [3.8, 4) is 0 Å². The predicted molar refractivity (Wildman–Crippen MR) is 111 cm³/mol. The van der Waals surface area contributed by atoms with E-state index in [2.05, 4.69) is 52.4 Å². The highest BCUT2D eigenvalue weighted by molar-refractivity contribution is 14.0. The molecule has 138 valence electrons. The molecule has 2 aromatic heterocycles. The Morgan fingerprint density at radius 3 is 2.64 bits per heavy atom. The molecule has 2 aromatic rings. The van der Waals surface area contributed by atoms with E-state index >= 15 is 0 Å². The Morgan fingerprint density at radius 1 is 1.24 bits per heavy atom. The molecule has 0 saturated carbocycles. The molecule has 0 unspecified atom stereocenters. The Balaban J connectivity index is 0.00000312. The zero-order valence-corrected chi connectivity index (χ0v) is 17.7. The maximum absolute atomic E-state index is 5.77. The quantitative estimate of drug-likeness (QED) is 0.396. The van der Waals surface area contributed by atoms with Gasteiger partial charge in [0.15, 0.2) is 5.96 Å². The zero-order chi connectivity index (χ0) is 17.4. The van der Waals surface area contributed by atoms with Gasteiger partial charge in [0.25, 0.3) is 0 Å². The monoisotopic (exact) mass is 457 g/mol. The standard InChI is InChI=1S/C18H27N5O.HI/c1-5-20-17(21-10-8-14-7-6-9-19-11-14)23-13-16-22-12-15(24-16)18(2,3)4;/h6-7,9,11-12H,5,8,10,13H2,1-4H3,(H2,20,21,23);1H. The van der Waals surface area contributed by atoms with Gasteiger partial charge < -0.3 is 15.1 Å². The van der Waals surface area contributed by atoms with Gasteiger partial charge in [-0.3, -0.25) is 4.98 Å². The maximum atomic E-state index is 5.77. The van der Waals surface area contributed by atoms with Gasteiger partial charge >= 0.3 is 0 Å². The van der Waals surface area contributed by atoms with Crippen LogP contribution in [0.25, 0.3) is 0 Å². The summed E-state index contributed by atoms with van der Waals surface area (Å²) in [6, 6.07) is 4.02. The smallest absolute Gasteiger partial charge is 0.216 e. The lowest BCUT2D eigenvalue weighted by Crippen LogP contribution is -2.38. The van der Waals surface area contributed by atoms with Crippen LogP contribution < -0.4 is 10.6 Å². The second kappa shape index (κ2) is 10.4. The Labute approximate surface area is 167 Å². The first-order chi connectivity index (χ1) is 11.5. The van der Waals surface area contributed by atoms with E-state index in [4.69, 9.17) is 4.42 Å². The summed E-state index contributed by atoms with van der Waals surface area (Å²) < 4.78 is 5.77. The average Bonchev–Trinajstić information content (AvgIpc) is 3.03. The third-order valence-electron chi connectivity index (χ3n) is 3.44. The summed E-state index contributed by atoms with van der Waals surface area (Å²) in [5, 5.41) is 6.55. The molecule has 0 radical (unpaired) electrons. The highest BCUT2D eigenvalue weighted by Crippen LogP contribution is 2.22. The van der Waals surface area contributed by atoms with Crippen molar-refractivity contribution < 1.29 is 4.42 Å². The molecule has 2 N–H and O–H groups in total. The van der Waals surface area contributed by atoms with Crippen LogP contribution in [-0.2, 0) is 18.4 Å². The number of nitrogens with one attached hydrogen (secondary N) is 2. The molecule has 0 aromatic carbocycles. The molecule has 0 fully saturated rings. The third-order valence-corrected chi connectivity index (χ3v) is 3.44. The van der Waals surface area contributed by atoms with Crippen molar-refractivity contribution in [1.29, 1.82) is 0 Å². The van der Waals surface area contributed by atoms with E-state index in [0.717, 1.165) is 31.2 Å². The first-order valence-corrected chi connectivity index (χ1v) is 8.35. The SMILES string of the molecule is CCNC(=NCc1ncc(C(C)(C)C)o1)NCCc1cccnc1.I. The van der Waals surface area contributed by atoms with Gasteiger partial charge in [0.1, 0.15) is 12.3 Å². The van der Waals surface area contributed by atoms with Crippen molar-refractivity contribution in [2.24, 2.45) is 4.99 Å². The van der Waals surface area contributed by atoms with Crippen molar-refractivity contribution >= 4 is 29.9 Å². The van der Waals surface area contributed by atoms with E-state index in [-0.39, 0.29) is 29.4 Å². The lowest BCUT2D eigenvalue weighted by Gasteiger charge is -2.13. The first kappa shape index (κ1) is 21.4. The van der Waals surface area contributed by atoms with E-state index in [1.165, 1.54) is 5.56 Å². The van der Waals surface area contributed by atoms with Crippen molar-refractivity contribution in [3.63, 3.8) is 0 Å². The van der Waals surface area contributed by atoms with Gasteiger partial charge in [0.2, 0.25) is 5.89 Å². The maximum Gasteiger partial charge on any atom is 0.216 e. The molecule has 25 heavy (non-hydrogen) atoms. The predicted octanol–water partition coefficient (Wildman–Crippen LogP) is 3.28. The fourth-order valence-corrected chi connectivity index (χ4v) is 2.09. The number of hydrogen-bond donors (Lipinski definition) is 2. The fraction of sp³-hybridized carbons (Fsp3) is 0.500. The summed E-state index contributed by atoms with van der Waals surface area (Å²) >= 11 is 0. The fourth-order valence-electron chi connectivity index (χ4n) is 2.09. The number of rotatable bonds is 6. The number of oxazole rings is 1. The summed E-state index contributed by atoms with van der Waals surface area (Å²) in [6.45, 7) is 10.4. The third kappa shape index (κ3) is 7.41. The Morgan fingerprint density at radius 2 is 2.04 bits per heavy atom. The van der Waals surface area contributed by atoms with Gasteiger partial charge in [-0.15, -0.1) is 24.0 Å². The van der Waals surface area contributed by atoms with Gasteiger partial charge in [-0.1, -0.05) is 26.8 Å². The molecule has 0 bridgehead atoms. The molecule has 6 nitrogen and oxygen atoms in total. The summed E-state index contributed by atoms with van der Waals surface area (Å²) in [5.41, 5.74) is 1.16. The van der Waals surface area contributed by atoms with Crippen LogP contribution in [0.5, 0.6) is 0 Å². The number of aliphatic imine (C=N–C) groups is 1. The minimum Gasteiger partial charge on any atom is -0.443 e. The molecular weight excluding hydrogens is 429 g/mol. The molecule has 0 atom stereocenters. The summed E-state index contributed by atoms with van der Waals surface area (Å²) in [5.74, 6) is 2.27. The van der Waals surface area contributed by atoms with Crippen LogP contribution in [0.1, 0.15) is 44.9 Å². The van der Waals surface area contributed by atoms with E-state index in [1.807, 2.05) is 19.2 Å². The summed E-state index contributed by atoms with van der Waals surface area (Å²) in [6.07, 6.45) is 6.34. The number of nitrogens with zero attached hydrogens (tertiary/aromatic N) is 3. The van der Waals surface area contributed by atoms with Crippen LogP contribution in [0.4, 0.5) is 0 Å². The molecular formula is C18H28IN5O. The molecule has 0 spiro atoms. The topological polar surface area (TPSA) is 75.3 Å². The molecule has 0 amide bonds. The van der Waals surface area contributed by atoms with E-state index in [1.54, 1.807) is 12.4 Å². The first-order valence-electron chi connectivity index (χ1n) is 8.35. The average molecular weight is 457 g/mol. The van der Waals surface area contributed by atoms with Crippen molar-refractivity contribution in [1.82, 2.24) is 20.6 Å². The minimum atomic E-state index is -0.0402. The Kier molecular flexibility index (Phi) is 8.88. The van der Waals surface area contributed by atoms with E-state index < -0.39 is 0 Å². The molecule has 0 aliphatic heterocycles. The largest absolute Gasteiger partial charge is 0.443 e. The van der Waals surface area contributed by atoms with Gasteiger partial charge in [-0.2, -0.15) is 0 Å². The molecule has 0 aliphatic rings. The Hall–Kier alpha value is -1.64. The Bertz CT molecular complexity index is 649. The molecule has 0 aliphatic carbocycles. The normalized spacial score (nSPS) is 11.8. The zero-order valence-electron chi connectivity index (χ0n) is 15.4. The second-order valence-corrected chi connectivity index (χ2v) is 6.60. The van der Waals surface area contributed by atoms with Crippen molar-refractivity contribution in [2.75, 3.05) is 13.1 Å². The summed E-state index contributed by atoms with van der Waals surface area (Å²) in [4.78, 5) is 13.0. The van der Waals surface area contributed by atoms with Crippen molar-refractivity contribution in [3.05, 3.63) is 47.9 Å².